The van der Waals surface area contributed by atoms with Crippen LogP contribution in [0.4, 0.5) is 0 Å². The lowest BCUT2D eigenvalue weighted by Gasteiger charge is -2.08. The van der Waals surface area contributed by atoms with Gasteiger partial charge in [-0.25, -0.2) is 0 Å². The van der Waals surface area contributed by atoms with Gasteiger partial charge in [0.25, 0.3) is 5.91 Å². The molecule has 17 heavy (non-hydrogen) atoms. The van der Waals surface area contributed by atoms with Gasteiger partial charge in [0.2, 0.25) is 0 Å². The fourth-order valence-corrected chi connectivity index (χ4v) is 1.20. The molecule has 5 nitrogen and oxygen atoms in total. The molecule has 0 bridgehead atoms. The first-order chi connectivity index (χ1) is 8.09. The molecule has 0 aliphatic heterocycles. The minimum atomic E-state index is -0.313. The second kappa shape index (κ2) is 6.62. The summed E-state index contributed by atoms with van der Waals surface area (Å²) in [6.07, 6.45) is 3.11. The van der Waals surface area contributed by atoms with Crippen molar-refractivity contribution in [3.05, 3.63) is 30.1 Å². The van der Waals surface area contributed by atoms with E-state index in [1.54, 1.807) is 32.2 Å². The van der Waals surface area contributed by atoms with E-state index in [-0.39, 0.29) is 30.9 Å². The molecule has 0 spiro atoms. The van der Waals surface area contributed by atoms with Gasteiger partial charge in [-0.1, -0.05) is 0 Å². The van der Waals surface area contributed by atoms with Crippen molar-refractivity contribution < 1.29 is 14.3 Å². The van der Waals surface area contributed by atoms with E-state index in [9.17, 15) is 9.59 Å². The summed E-state index contributed by atoms with van der Waals surface area (Å²) in [4.78, 5) is 26.6. The van der Waals surface area contributed by atoms with Crippen LogP contribution < -0.4 is 5.32 Å². The Balaban J connectivity index is 2.28. The molecule has 5 heteroatoms. The number of nitrogens with one attached hydrogen (secondary N) is 1. The Labute approximate surface area is 100 Å². The molecule has 0 aliphatic carbocycles. The smallest absolute Gasteiger partial charge is 0.307 e. The van der Waals surface area contributed by atoms with E-state index >= 15 is 0 Å². The fraction of sp³-hybridized carbons (Fsp3) is 0.417. The quantitative estimate of drug-likeness (QED) is 0.779. The number of ether oxygens (including phenoxy) is 1. The number of esters is 1. The van der Waals surface area contributed by atoms with Crippen molar-refractivity contribution in [2.75, 3.05) is 6.54 Å². The monoisotopic (exact) mass is 236 g/mol. The third-order valence-corrected chi connectivity index (χ3v) is 1.91. The first kappa shape index (κ1) is 13.2. The Morgan fingerprint density at radius 2 is 2.24 bits per heavy atom. The third-order valence-electron chi connectivity index (χ3n) is 1.91. The number of hydrogen-bond acceptors (Lipinski definition) is 4. The molecule has 0 saturated heterocycles. The van der Waals surface area contributed by atoms with Crippen LogP contribution in [-0.2, 0) is 9.53 Å². The molecule has 0 fully saturated rings. The second-order valence-corrected chi connectivity index (χ2v) is 3.79. The van der Waals surface area contributed by atoms with Gasteiger partial charge in [0.1, 0.15) is 0 Å². The highest BCUT2D eigenvalue weighted by Gasteiger charge is 2.08. The Kier molecular flexibility index (Phi) is 5.13. The fourth-order valence-electron chi connectivity index (χ4n) is 1.20. The van der Waals surface area contributed by atoms with Crippen molar-refractivity contribution in [3.63, 3.8) is 0 Å². The molecule has 0 aliphatic rings. The molecule has 0 atom stereocenters. The number of aromatic nitrogens is 1. The standard InChI is InChI=1S/C12H16N2O3/c1-9(2)17-11(15)5-7-14-12(16)10-4-3-6-13-8-10/h3-4,6,8-9H,5,7H2,1-2H3,(H,14,16). The van der Waals surface area contributed by atoms with Crippen LogP contribution in [0.15, 0.2) is 24.5 Å². The minimum absolute atomic E-state index is 0.128. The van der Waals surface area contributed by atoms with Crippen LogP contribution >= 0.6 is 0 Å². The van der Waals surface area contributed by atoms with E-state index in [2.05, 4.69) is 10.3 Å². The van der Waals surface area contributed by atoms with Crippen LogP contribution in [0.5, 0.6) is 0 Å². The van der Waals surface area contributed by atoms with Gasteiger partial charge >= 0.3 is 5.97 Å². The molecule has 1 N–H and O–H groups in total. The zero-order valence-corrected chi connectivity index (χ0v) is 9.97. The van der Waals surface area contributed by atoms with E-state index in [4.69, 9.17) is 4.74 Å². The molecule has 0 unspecified atom stereocenters. The largest absolute Gasteiger partial charge is 0.463 e. The summed E-state index contributed by atoms with van der Waals surface area (Å²) < 4.78 is 4.94. The van der Waals surface area contributed by atoms with Gasteiger partial charge in [-0.2, -0.15) is 0 Å². The van der Waals surface area contributed by atoms with Gasteiger partial charge in [-0.3, -0.25) is 14.6 Å². The number of rotatable bonds is 5. The lowest BCUT2D eigenvalue weighted by molar-refractivity contribution is -0.147. The zero-order valence-electron chi connectivity index (χ0n) is 9.97. The molecule has 1 amide bonds. The Morgan fingerprint density at radius 3 is 2.82 bits per heavy atom. The molecular formula is C12H16N2O3. The highest BCUT2D eigenvalue weighted by molar-refractivity contribution is 5.93. The summed E-state index contributed by atoms with van der Waals surface area (Å²) in [6, 6.07) is 3.34. The molecule has 0 saturated carbocycles. The average Bonchev–Trinajstić information content (AvgIpc) is 2.29. The van der Waals surface area contributed by atoms with Crippen molar-refractivity contribution in [3.8, 4) is 0 Å². The molecular weight excluding hydrogens is 220 g/mol. The molecule has 0 radical (unpaired) electrons. The van der Waals surface area contributed by atoms with Crippen LogP contribution in [0.1, 0.15) is 30.6 Å². The number of pyridine rings is 1. The maximum atomic E-state index is 11.5. The summed E-state index contributed by atoms with van der Waals surface area (Å²) in [5.41, 5.74) is 0.477. The Bertz CT molecular complexity index is 377. The minimum Gasteiger partial charge on any atom is -0.463 e. The van der Waals surface area contributed by atoms with E-state index in [1.165, 1.54) is 6.20 Å². The van der Waals surface area contributed by atoms with Crippen molar-refractivity contribution in [1.82, 2.24) is 10.3 Å². The SMILES string of the molecule is CC(C)OC(=O)CCNC(=O)c1cccnc1. The first-order valence-electron chi connectivity index (χ1n) is 5.47. The van der Waals surface area contributed by atoms with Gasteiger partial charge < -0.3 is 10.1 Å². The van der Waals surface area contributed by atoms with Crippen molar-refractivity contribution in [2.24, 2.45) is 0 Å². The number of carbonyl (C=O) groups is 2. The van der Waals surface area contributed by atoms with Gasteiger partial charge in [-0.05, 0) is 26.0 Å². The summed E-state index contributed by atoms with van der Waals surface area (Å²) in [6.45, 7) is 3.83. The third kappa shape index (κ3) is 5.10. The summed E-state index contributed by atoms with van der Waals surface area (Å²) in [7, 11) is 0. The topological polar surface area (TPSA) is 68.3 Å². The molecule has 1 rings (SSSR count). The number of amides is 1. The molecule has 92 valence electrons. The number of carbonyl (C=O) groups excluding carboxylic acids is 2. The van der Waals surface area contributed by atoms with Gasteiger partial charge in [0.05, 0.1) is 18.1 Å². The van der Waals surface area contributed by atoms with Gasteiger partial charge in [0, 0.05) is 18.9 Å². The van der Waals surface area contributed by atoms with E-state index in [1.807, 2.05) is 0 Å². The molecule has 1 heterocycles. The lowest BCUT2D eigenvalue weighted by Crippen LogP contribution is -2.27. The number of nitrogens with zero attached hydrogens (tertiary/aromatic N) is 1. The maximum Gasteiger partial charge on any atom is 0.307 e. The second-order valence-electron chi connectivity index (χ2n) is 3.79. The predicted molar refractivity (Wildman–Crippen MR) is 62.4 cm³/mol. The van der Waals surface area contributed by atoms with Crippen LogP contribution in [0.2, 0.25) is 0 Å². The maximum absolute atomic E-state index is 11.5. The van der Waals surface area contributed by atoms with Crippen molar-refractivity contribution in [1.29, 1.82) is 0 Å². The molecule has 0 aromatic carbocycles. The van der Waals surface area contributed by atoms with Crippen molar-refractivity contribution in [2.45, 2.75) is 26.4 Å². The molecule has 1 aromatic heterocycles. The van der Waals surface area contributed by atoms with E-state index in [0.29, 0.717) is 5.56 Å². The van der Waals surface area contributed by atoms with Gasteiger partial charge in [-0.15, -0.1) is 0 Å². The van der Waals surface area contributed by atoms with E-state index < -0.39 is 0 Å². The highest BCUT2D eigenvalue weighted by atomic mass is 16.5. The normalized spacial score (nSPS) is 10.1. The number of hydrogen-bond donors (Lipinski definition) is 1. The summed E-state index contributed by atoms with van der Waals surface area (Å²) >= 11 is 0. The molecule has 1 aromatic rings. The van der Waals surface area contributed by atoms with Crippen LogP contribution in [0.25, 0.3) is 0 Å². The van der Waals surface area contributed by atoms with Gasteiger partial charge in [0.15, 0.2) is 0 Å². The van der Waals surface area contributed by atoms with Crippen molar-refractivity contribution >= 4 is 11.9 Å². The average molecular weight is 236 g/mol. The Hall–Kier alpha value is -1.91. The predicted octanol–water partition coefficient (Wildman–Crippen LogP) is 1.15. The van der Waals surface area contributed by atoms with Crippen LogP contribution in [-0.4, -0.2) is 29.5 Å². The van der Waals surface area contributed by atoms with Crippen LogP contribution in [0.3, 0.4) is 0 Å². The first-order valence-corrected chi connectivity index (χ1v) is 5.47. The summed E-state index contributed by atoms with van der Waals surface area (Å²) in [5, 5.41) is 2.62. The summed E-state index contributed by atoms with van der Waals surface area (Å²) in [5.74, 6) is -0.554. The van der Waals surface area contributed by atoms with Crippen LogP contribution in [0, 0.1) is 0 Å². The Morgan fingerprint density at radius 1 is 1.47 bits per heavy atom. The zero-order chi connectivity index (χ0) is 12.7. The lowest BCUT2D eigenvalue weighted by atomic mass is 10.2. The van der Waals surface area contributed by atoms with E-state index in [0.717, 1.165) is 0 Å². The highest BCUT2D eigenvalue weighted by Crippen LogP contribution is 1.96.